The summed E-state index contributed by atoms with van der Waals surface area (Å²) in [5.41, 5.74) is 0. The topological polar surface area (TPSA) is 15.3 Å². The first-order chi connectivity index (χ1) is 8.15. The van der Waals surface area contributed by atoms with E-state index in [-0.39, 0.29) is 0 Å². The van der Waals surface area contributed by atoms with Crippen LogP contribution >= 0.6 is 11.3 Å². The second-order valence-corrected chi connectivity index (χ2v) is 5.63. The Kier molecular flexibility index (Phi) is 6.48. The van der Waals surface area contributed by atoms with Crippen molar-refractivity contribution in [2.45, 2.75) is 32.4 Å². The van der Waals surface area contributed by atoms with E-state index in [2.05, 4.69) is 55.2 Å². The molecule has 17 heavy (non-hydrogen) atoms. The Morgan fingerprint density at radius 1 is 1.47 bits per heavy atom. The summed E-state index contributed by atoms with van der Waals surface area (Å²) < 4.78 is 0. The van der Waals surface area contributed by atoms with E-state index in [4.69, 9.17) is 0 Å². The quantitative estimate of drug-likeness (QED) is 0.565. The highest BCUT2D eigenvalue weighted by Gasteiger charge is 2.15. The third-order valence-corrected chi connectivity index (χ3v) is 4.09. The van der Waals surface area contributed by atoms with Gasteiger partial charge in [0.15, 0.2) is 0 Å². The number of hydrogen-bond acceptors (Lipinski definition) is 3. The summed E-state index contributed by atoms with van der Waals surface area (Å²) >= 11 is 1.85. The van der Waals surface area contributed by atoms with Gasteiger partial charge in [-0.3, -0.25) is 4.90 Å². The van der Waals surface area contributed by atoms with Crippen LogP contribution in [0.3, 0.4) is 0 Å². The fraction of sp³-hybridized carbons (Fsp3) is 0.571. The maximum Gasteiger partial charge on any atom is 0.0192 e. The highest BCUT2D eigenvalue weighted by molar-refractivity contribution is 7.09. The molecule has 2 unspecified atom stereocenters. The average Bonchev–Trinajstić information content (AvgIpc) is 2.81. The lowest BCUT2D eigenvalue weighted by molar-refractivity contribution is 0.192. The molecule has 1 aromatic heterocycles. The van der Waals surface area contributed by atoms with Crippen LogP contribution in [0.5, 0.6) is 0 Å². The molecule has 1 rings (SSSR count). The van der Waals surface area contributed by atoms with Crippen LogP contribution in [0, 0.1) is 0 Å². The summed E-state index contributed by atoms with van der Waals surface area (Å²) in [6, 6.07) is 5.47. The molecular weight excluding hydrogens is 228 g/mol. The molecule has 2 atom stereocenters. The maximum atomic E-state index is 3.71. The predicted octanol–water partition coefficient (Wildman–Crippen LogP) is 2.78. The molecule has 0 radical (unpaired) electrons. The van der Waals surface area contributed by atoms with Crippen molar-refractivity contribution in [2.75, 3.05) is 20.1 Å². The standard InChI is InChI=1S/C14H24N2S/c1-5-8-15-11-13(3)16(4)12(2)10-14-7-6-9-17-14/h5-7,9,12-13,15H,1,8,10-11H2,2-4H3. The van der Waals surface area contributed by atoms with Crippen LogP contribution in [-0.4, -0.2) is 37.1 Å². The van der Waals surface area contributed by atoms with Crippen LogP contribution in [0.25, 0.3) is 0 Å². The molecule has 2 nitrogen and oxygen atoms in total. The molecule has 0 saturated carbocycles. The molecule has 0 bridgehead atoms. The fourth-order valence-corrected chi connectivity index (χ4v) is 2.66. The number of rotatable bonds is 8. The van der Waals surface area contributed by atoms with E-state index in [9.17, 15) is 0 Å². The molecule has 0 aliphatic heterocycles. The SMILES string of the molecule is C=CCNCC(C)N(C)C(C)Cc1cccs1. The fourth-order valence-electron chi connectivity index (χ4n) is 1.84. The molecular formula is C14H24N2S. The minimum absolute atomic E-state index is 0.546. The molecule has 1 N–H and O–H groups in total. The summed E-state index contributed by atoms with van der Waals surface area (Å²) in [7, 11) is 2.21. The highest BCUT2D eigenvalue weighted by atomic mass is 32.1. The second kappa shape index (κ2) is 7.64. The van der Waals surface area contributed by atoms with E-state index in [1.807, 2.05) is 17.4 Å². The van der Waals surface area contributed by atoms with Gasteiger partial charge in [0, 0.05) is 30.1 Å². The number of nitrogens with zero attached hydrogens (tertiary/aromatic N) is 1. The van der Waals surface area contributed by atoms with Crippen LogP contribution in [0.2, 0.25) is 0 Å². The zero-order valence-corrected chi connectivity index (χ0v) is 12.0. The average molecular weight is 252 g/mol. The molecule has 0 fully saturated rings. The summed E-state index contributed by atoms with van der Waals surface area (Å²) in [5.74, 6) is 0. The molecule has 0 amide bonds. The minimum atomic E-state index is 0.546. The van der Waals surface area contributed by atoms with Gasteiger partial charge in [0.1, 0.15) is 0 Å². The highest BCUT2D eigenvalue weighted by Crippen LogP contribution is 2.14. The van der Waals surface area contributed by atoms with Crippen molar-refractivity contribution < 1.29 is 0 Å². The van der Waals surface area contributed by atoms with E-state index < -0.39 is 0 Å². The maximum absolute atomic E-state index is 3.71. The van der Waals surface area contributed by atoms with Crippen LogP contribution in [0.15, 0.2) is 30.2 Å². The molecule has 3 heteroatoms. The van der Waals surface area contributed by atoms with Crippen LogP contribution < -0.4 is 5.32 Å². The number of likely N-dealkylation sites (N-methyl/N-ethyl adjacent to an activating group) is 1. The molecule has 0 saturated heterocycles. The van der Waals surface area contributed by atoms with Gasteiger partial charge in [0.05, 0.1) is 0 Å². The van der Waals surface area contributed by atoms with E-state index in [1.165, 1.54) is 4.88 Å². The number of thiophene rings is 1. The third kappa shape index (κ3) is 5.02. The lowest BCUT2D eigenvalue weighted by Gasteiger charge is -2.30. The van der Waals surface area contributed by atoms with Gasteiger partial charge in [-0.25, -0.2) is 0 Å². The molecule has 0 aliphatic carbocycles. The number of hydrogen-bond donors (Lipinski definition) is 1. The zero-order valence-electron chi connectivity index (χ0n) is 11.1. The lowest BCUT2D eigenvalue weighted by Crippen LogP contribution is -2.43. The second-order valence-electron chi connectivity index (χ2n) is 4.59. The number of nitrogens with one attached hydrogen (secondary N) is 1. The minimum Gasteiger partial charge on any atom is -0.312 e. The Hall–Kier alpha value is -0.640. The normalized spacial score (nSPS) is 14.8. The Morgan fingerprint density at radius 3 is 2.82 bits per heavy atom. The summed E-state index contributed by atoms with van der Waals surface area (Å²) in [6.07, 6.45) is 3.04. The Balaban J connectivity index is 2.34. The Labute approximate surface area is 109 Å². The first-order valence-corrected chi connectivity index (χ1v) is 7.09. The predicted molar refractivity (Wildman–Crippen MR) is 77.8 cm³/mol. The zero-order chi connectivity index (χ0) is 12.7. The molecule has 0 aliphatic rings. The Morgan fingerprint density at radius 2 is 2.24 bits per heavy atom. The lowest BCUT2D eigenvalue weighted by atomic mass is 10.1. The third-order valence-electron chi connectivity index (χ3n) is 3.20. The molecule has 0 spiro atoms. The van der Waals surface area contributed by atoms with Crippen LogP contribution in [0.4, 0.5) is 0 Å². The van der Waals surface area contributed by atoms with E-state index >= 15 is 0 Å². The van der Waals surface area contributed by atoms with Gasteiger partial charge < -0.3 is 5.32 Å². The van der Waals surface area contributed by atoms with Crippen molar-refractivity contribution in [1.82, 2.24) is 10.2 Å². The smallest absolute Gasteiger partial charge is 0.0192 e. The van der Waals surface area contributed by atoms with Gasteiger partial charge >= 0.3 is 0 Å². The Bertz CT molecular complexity index is 308. The van der Waals surface area contributed by atoms with E-state index in [1.54, 1.807) is 0 Å². The van der Waals surface area contributed by atoms with E-state index in [0.717, 1.165) is 19.5 Å². The van der Waals surface area contributed by atoms with E-state index in [0.29, 0.717) is 12.1 Å². The van der Waals surface area contributed by atoms with Crippen molar-refractivity contribution >= 4 is 11.3 Å². The van der Waals surface area contributed by atoms with Crippen molar-refractivity contribution in [1.29, 1.82) is 0 Å². The van der Waals surface area contributed by atoms with Gasteiger partial charge in [-0.2, -0.15) is 0 Å². The van der Waals surface area contributed by atoms with Crippen LogP contribution in [0.1, 0.15) is 18.7 Å². The summed E-state index contributed by atoms with van der Waals surface area (Å²) in [5, 5.41) is 5.52. The molecule has 96 valence electrons. The van der Waals surface area contributed by atoms with Crippen molar-refractivity contribution in [3.8, 4) is 0 Å². The van der Waals surface area contributed by atoms with Crippen molar-refractivity contribution in [3.05, 3.63) is 35.0 Å². The van der Waals surface area contributed by atoms with Gasteiger partial charge in [-0.05, 0) is 38.8 Å². The van der Waals surface area contributed by atoms with Crippen molar-refractivity contribution in [3.63, 3.8) is 0 Å². The first-order valence-electron chi connectivity index (χ1n) is 6.21. The summed E-state index contributed by atoms with van der Waals surface area (Å²) in [4.78, 5) is 3.91. The summed E-state index contributed by atoms with van der Waals surface area (Å²) in [6.45, 7) is 10.2. The van der Waals surface area contributed by atoms with Gasteiger partial charge in [-0.1, -0.05) is 12.1 Å². The molecule has 1 heterocycles. The molecule has 0 aromatic carbocycles. The first kappa shape index (κ1) is 14.4. The monoisotopic (exact) mass is 252 g/mol. The van der Waals surface area contributed by atoms with Gasteiger partial charge in [0.25, 0.3) is 0 Å². The largest absolute Gasteiger partial charge is 0.312 e. The van der Waals surface area contributed by atoms with Crippen LogP contribution in [-0.2, 0) is 6.42 Å². The molecule has 1 aromatic rings. The van der Waals surface area contributed by atoms with Gasteiger partial charge in [0.2, 0.25) is 0 Å². The van der Waals surface area contributed by atoms with Crippen molar-refractivity contribution in [2.24, 2.45) is 0 Å². The van der Waals surface area contributed by atoms with Gasteiger partial charge in [-0.15, -0.1) is 17.9 Å².